The first-order valence-electron chi connectivity index (χ1n) is 7.04. The molecule has 1 aromatic carbocycles. The van der Waals surface area contributed by atoms with Crippen LogP contribution in [0, 0.1) is 0 Å². The van der Waals surface area contributed by atoms with E-state index >= 15 is 0 Å². The molecule has 0 fully saturated rings. The number of fused-ring (bicyclic) bond motifs is 6. The van der Waals surface area contributed by atoms with Crippen molar-refractivity contribution < 1.29 is 0 Å². The molecule has 3 heterocycles. The molecule has 0 amide bonds. The van der Waals surface area contributed by atoms with Gasteiger partial charge >= 0.3 is 0 Å². The fraction of sp³-hybridized carbons (Fsp3) is 0.600. The first kappa shape index (κ1) is 12.0. The maximum atomic E-state index is 2.15. The Bertz CT molecular complexity index is 357. The number of thioether (sulfide) groups is 3. The van der Waals surface area contributed by atoms with E-state index in [-0.39, 0.29) is 0 Å². The molecule has 18 heavy (non-hydrogen) atoms. The van der Waals surface area contributed by atoms with Gasteiger partial charge in [0.25, 0.3) is 0 Å². The van der Waals surface area contributed by atoms with Gasteiger partial charge in [0.05, 0.1) is 0 Å². The number of benzene rings is 1. The topological polar surface area (TPSA) is 0 Å². The molecule has 0 unspecified atom stereocenters. The first-order chi connectivity index (χ1) is 8.95. The Hall–Kier alpha value is 0.270. The summed E-state index contributed by atoms with van der Waals surface area (Å²) in [5.74, 6) is 4.02. The Balaban J connectivity index is 1.98. The molecule has 0 N–H and O–H groups in total. The monoisotopic (exact) mass is 294 g/mol. The van der Waals surface area contributed by atoms with Crippen LogP contribution in [0.3, 0.4) is 0 Å². The lowest BCUT2D eigenvalue weighted by Gasteiger charge is -2.31. The molecule has 3 aliphatic heterocycles. The SMILES string of the molecule is C1CSc2c(c3c(c4c2CCCS4)CCCS3)C1. The van der Waals surface area contributed by atoms with Crippen molar-refractivity contribution >= 4 is 35.3 Å². The fourth-order valence-corrected chi connectivity index (χ4v) is 7.27. The molecule has 1 aromatic rings. The molecule has 0 atom stereocenters. The first-order valence-corrected chi connectivity index (χ1v) is 10.00. The molecular weight excluding hydrogens is 276 g/mol. The summed E-state index contributed by atoms with van der Waals surface area (Å²) < 4.78 is 0. The average Bonchev–Trinajstić information content (AvgIpc) is 2.48. The second-order valence-corrected chi connectivity index (χ2v) is 8.59. The van der Waals surface area contributed by atoms with Gasteiger partial charge in [0.2, 0.25) is 0 Å². The molecule has 0 bridgehead atoms. The highest BCUT2D eigenvalue weighted by molar-refractivity contribution is 8.01. The lowest BCUT2D eigenvalue weighted by Crippen LogP contribution is -2.14. The van der Waals surface area contributed by atoms with E-state index in [0.717, 1.165) is 0 Å². The van der Waals surface area contributed by atoms with Gasteiger partial charge in [-0.05, 0) is 72.5 Å². The van der Waals surface area contributed by atoms with Crippen molar-refractivity contribution in [2.24, 2.45) is 0 Å². The predicted molar refractivity (Wildman–Crippen MR) is 83.6 cm³/mol. The van der Waals surface area contributed by atoms with Crippen LogP contribution in [0.4, 0.5) is 0 Å². The summed E-state index contributed by atoms with van der Waals surface area (Å²) in [4.78, 5) is 5.12. The van der Waals surface area contributed by atoms with Crippen molar-refractivity contribution in [3.63, 3.8) is 0 Å². The van der Waals surface area contributed by atoms with Crippen molar-refractivity contribution in [2.45, 2.75) is 53.2 Å². The zero-order valence-corrected chi connectivity index (χ0v) is 13.0. The lowest BCUT2D eigenvalue weighted by molar-refractivity contribution is 0.754. The summed E-state index contributed by atoms with van der Waals surface area (Å²) in [6.07, 6.45) is 8.19. The van der Waals surface area contributed by atoms with Gasteiger partial charge in [-0.15, -0.1) is 35.3 Å². The Morgan fingerprint density at radius 3 is 1.17 bits per heavy atom. The molecule has 0 spiro atoms. The average molecular weight is 295 g/mol. The summed E-state index contributed by atoms with van der Waals surface area (Å²) in [5, 5.41) is 0. The number of hydrogen-bond acceptors (Lipinski definition) is 3. The van der Waals surface area contributed by atoms with Crippen LogP contribution in [0.2, 0.25) is 0 Å². The van der Waals surface area contributed by atoms with Crippen LogP contribution in [0.1, 0.15) is 36.0 Å². The van der Waals surface area contributed by atoms with E-state index in [1.807, 2.05) is 0 Å². The van der Waals surface area contributed by atoms with Crippen LogP contribution >= 0.6 is 35.3 Å². The maximum absolute atomic E-state index is 2.15. The molecule has 0 aliphatic carbocycles. The highest BCUT2D eigenvalue weighted by Gasteiger charge is 2.28. The Labute approximate surface area is 122 Å². The molecule has 0 radical (unpaired) electrons. The molecule has 0 nitrogen and oxygen atoms in total. The minimum Gasteiger partial charge on any atom is -0.125 e. The summed E-state index contributed by atoms with van der Waals surface area (Å²) in [5.41, 5.74) is 5.23. The highest BCUT2D eigenvalue weighted by atomic mass is 32.2. The molecule has 0 saturated carbocycles. The minimum atomic E-state index is 1.34. The van der Waals surface area contributed by atoms with E-state index < -0.39 is 0 Å². The number of rotatable bonds is 0. The fourth-order valence-electron chi connectivity index (χ4n) is 3.33. The molecule has 96 valence electrons. The third-order valence-electron chi connectivity index (χ3n) is 4.10. The van der Waals surface area contributed by atoms with Crippen molar-refractivity contribution in [3.05, 3.63) is 16.7 Å². The van der Waals surface area contributed by atoms with Gasteiger partial charge in [-0.25, -0.2) is 0 Å². The predicted octanol–water partition coefficient (Wildman–Crippen LogP) is 4.80. The van der Waals surface area contributed by atoms with E-state index in [0.29, 0.717) is 0 Å². The highest BCUT2D eigenvalue weighted by Crippen LogP contribution is 2.50. The quantitative estimate of drug-likeness (QED) is 0.674. The van der Waals surface area contributed by atoms with Gasteiger partial charge in [-0.3, -0.25) is 0 Å². The lowest BCUT2D eigenvalue weighted by atomic mass is 9.96. The molecule has 4 rings (SSSR count). The second-order valence-electron chi connectivity index (χ2n) is 5.28. The zero-order chi connectivity index (χ0) is 11.9. The van der Waals surface area contributed by atoms with Gasteiger partial charge < -0.3 is 0 Å². The van der Waals surface area contributed by atoms with Gasteiger partial charge in [0.15, 0.2) is 0 Å². The van der Waals surface area contributed by atoms with Crippen molar-refractivity contribution in [2.75, 3.05) is 17.3 Å². The number of hydrogen-bond donors (Lipinski definition) is 0. The van der Waals surface area contributed by atoms with Crippen LogP contribution in [-0.4, -0.2) is 17.3 Å². The van der Waals surface area contributed by atoms with Gasteiger partial charge in [-0.1, -0.05) is 0 Å². The third-order valence-corrected chi connectivity index (χ3v) is 7.92. The third kappa shape index (κ3) is 1.85. The maximum Gasteiger partial charge on any atom is 0.0159 e. The summed E-state index contributed by atoms with van der Waals surface area (Å²) in [6.45, 7) is 0. The van der Waals surface area contributed by atoms with Crippen molar-refractivity contribution in [3.8, 4) is 0 Å². The Morgan fingerprint density at radius 1 is 0.500 bits per heavy atom. The molecular formula is C15H18S3. The van der Waals surface area contributed by atoms with Crippen molar-refractivity contribution in [1.29, 1.82) is 0 Å². The van der Waals surface area contributed by atoms with E-state index in [2.05, 4.69) is 35.3 Å². The Kier molecular flexibility index (Phi) is 3.34. The van der Waals surface area contributed by atoms with Crippen LogP contribution in [0.25, 0.3) is 0 Å². The molecule has 3 heteroatoms. The van der Waals surface area contributed by atoms with Crippen LogP contribution in [0.5, 0.6) is 0 Å². The standard InChI is InChI=1S/C15H18S3/c1-4-10-13(16-7-1)11-5-2-9-18-15(11)12-6-3-8-17-14(10)12/h1-9H2. The molecule has 0 aromatic heterocycles. The summed E-state index contributed by atoms with van der Waals surface area (Å²) in [7, 11) is 0. The normalized spacial score (nSPS) is 22.0. The van der Waals surface area contributed by atoms with E-state index in [9.17, 15) is 0 Å². The Morgan fingerprint density at radius 2 is 0.833 bits per heavy atom. The van der Waals surface area contributed by atoms with Gasteiger partial charge in [-0.2, -0.15) is 0 Å². The van der Waals surface area contributed by atoms with E-state index in [1.54, 1.807) is 31.4 Å². The van der Waals surface area contributed by atoms with Crippen LogP contribution in [-0.2, 0) is 19.3 Å². The van der Waals surface area contributed by atoms with Gasteiger partial charge in [0, 0.05) is 14.7 Å². The smallest absolute Gasteiger partial charge is 0.0159 e. The summed E-state index contributed by atoms with van der Waals surface area (Å²) in [6, 6.07) is 0. The molecule has 0 saturated heterocycles. The molecule has 3 aliphatic rings. The van der Waals surface area contributed by atoms with Crippen LogP contribution < -0.4 is 0 Å². The zero-order valence-electron chi connectivity index (χ0n) is 10.6. The van der Waals surface area contributed by atoms with E-state index in [4.69, 9.17) is 0 Å². The van der Waals surface area contributed by atoms with E-state index in [1.165, 1.54) is 55.8 Å². The van der Waals surface area contributed by atoms with Gasteiger partial charge in [0.1, 0.15) is 0 Å². The largest absolute Gasteiger partial charge is 0.125 e. The second kappa shape index (κ2) is 4.99. The summed E-state index contributed by atoms with van der Waals surface area (Å²) >= 11 is 6.45. The minimum absolute atomic E-state index is 1.34. The van der Waals surface area contributed by atoms with Crippen molar-refractivity contribution in [1.82, 2.24) is 0 Å². The van der Waals surface area contributed by atoms with Crippen LogP contribution in [0.15, 0.2) is 14.7 Å².